The Balaban J connectivity index is 2.19. The number of rotatable bonds is 3. The predicted octanol–water partition coefficient (Wildman–Crippen LogP) is 3.13. The number of hydrogen-bond donors (Lipinski definition) is 1. The van der Waals surface area contributed by atoms with Crippen LogP contribution < -0.4 is 10.1 Å². The van der Waals surface area contributed by atoms with Crippen LogP contribution in [0.1, 0.15) is 15.9 Å². The normalized spacial score (nSPS) is 9.89. The van der Waals surface area contributed by atoms with E-state index < -0.39 is 0 Å². The molecule has 0 bridgehead atoms. The van der Waals surface area contributed by atoms with Gasteiger partial charge in [-0.1, -0.05) is 24.3 Å². The van der Waals surface area contributed by atoms with Crippen molar-refractivity contribution >= 4 is 11.6 Å². The fourth-order valence-corrected chi connectivity index (χ4v) is 1.64. The molecule has 1 radical (unpaired) electrons. The molecule has 18 heavy (non-hydrogen) atoms. The van der Waals surface area contributed by atoms with Crippen molar-refractivity contribution in [3.05, 3.63) is 66.6 Å². The summed E-state index contributed by atoms with van der Waals surface area (Å²) in [5.41, 5.74) is 1.97. The van der Waals surface area contributed by atoms with Crippen LogP contribution in [0.4, 0.5) is 5.69 Å². The van der Waals surface area contributed by atoms with Crippen LogP contribution in [0, 0.1) is 6.92 Å². The van der Waals surface area contributed by atoms with E-state index in [1.165, 1.54) is 0 Å². The highest BCUT2D eigenvalue weighted by atomic mass is 16.5. The Labute approximate surface area is 106 Å². The van der Waals surface area contributed by atoms with Gasteiger partial charge in [-0.3, -0.25) is 4.79 Å². The lowest BCUT2D eigenvalue weighted by molar-refractivity contribution is 0.102. The predicted molar refractivity (Wildman–Crippen MR) is 71.8 cm³/mol. The van der Waals surface area contributed by atoms with Crippen molar-refractivity contribution in [2.45, 2.75) is 0 Å². The summed E-state index contributed by atoms with van der Waals surface area (Å²) < 4.78 is 5.10. The van der Waals surface area contributed by atoms with E-state index in [9.17, 15) is 4.79 Å². The fraction of sp³-hybridized carbons (Fsp3) is 0.0667. The van der Waals surface area contributed by atoms with Crippen molar-refractivity contribution in [2.24, 2.45) is 0 Å². The average Bonchev–Trinajstić information content (AvgIpc) is 2.39. The molecular formula is C15H14NO2. The van der Waals surface area contributed by atoms with Gasteiger partial charge in [-0.2, -0.15) is 0 Å². The lowest BCUT2D eigenvalue weighted by Gasteiger charge is -2.08. The van der Waals surface area contributed by atoms with Crippen molar-refractivity contribution in [3.8, 4) is 5.75 Å². The molecule has 91 valence electrons. The molecule has 0 atom stereocenters. The number of carbonyl (C=O) groups excluding carboxylic acids is 1. The van der Waals surface area contributed by atoms with Gasteiger partial charge in [0.2, 0.25) is 0 Å². The highest BCUT2D eigenvalue weighted by molar-refractivity contribution is 6.05. The second-order valence-electron chi connectivity index (χ2n) is 3.84. The van der Waals surface area contributed by atoms with Gasteiger partial charge in [0.1, 0.15) is 5.75 Å². The van der Waals surface area contributed by atoms with Crippen LogP contribution in [0.25, 0.3) is 0 Å². The molecule has 2 rings (SSSR count). The Morgan fingerprint density at radius 1 is 1.17 bits per heavy atom. The zero-order valence-electron chi connectivity index (χ0n) is 10.1. The fourth-order valence-electron chi connectivity index (χ4n) is 1.64. The van der Waals surface area contributed by atoms with E-state index in [2.05, 4.69) is 12.2 Å². The first-order chi connectivity index (χ1) is 8.70. The minimum absolute atomic E-state index is 0.172. The molecule has 1 N–H and O–H groups in total. The van der Waals surface area contributed by atoms with Gasteiger partial charge in [-0.15, -0.1) is 0 Å². The number of benzene rings is 2. The first-order valence-electron chi connectivity index (χ1n) is 5.57. The zero-order valence-corrected chi connectivity index (χ0v) is 10.1. The third-order valence-corrected chi connectivity index (χ3v) is 2.59. The quantitative estimate of drug-likeness (QED) is 0.895. The molecular weight excluding hydrogens is 226 g/mol. The van der Waals surface area contributed by atoms with Gasteiger partial charge in [0, 0.05) is 17.3 Å². The third kappa shape index (κ3) is 2.69. The Hall–Kier alpha value is -2.29. The molecule has 0 saturated carbocycles. The van der Waals surface area contributed by atoms with Crippen LogP contribution in [0.5, 0.6) is 5.75 Å². The van der Waals surface area contributed by atoms with Crippen LogP contribution >= 0.6 is 0 Å². The highest BCUT2D eigenvalue weighted by Gasteiger charge is 2.08. The molecule has 0 spiro atoms. The summed E-state index contributed by atoms with van der Waals surface area (Å²) in [7, 11) is 1.59. The molecule has 2 aromatic rings. The van der Waals surface area contributed by atoms with E-state index in [0.717, 1.165) is 0 Å². The summed E-state index contributed by atoms with van der Waals surface area (Å²) in [5.74, 6) is 0.532. The average molecular weight is 240 g/mol. The number of amides is 1. The first kappa shape index (κ1) is 12.2. The lowest BCUT2D eigenvalue weighted by atomic mass is 10.1. The van der Waals surface area contributed by atoms with Crippen LogP contribution in [-0.2, 0) is 0 Å². The summed E-state index contributed by atoms with van der Waals surface area (Å²) in [4.78, 5) is 12.0. The molecule has 3 heteroatoms. The van der Waals surface area contributed by atoms with E-state index >= 15 is 0 Å². The van der Waals surface area contributed by atoms with E-state index in [1.807, 2.05) is 30.3 Å². The molecule has 0 aliphatic heterocycles. The largest absolute Gasteiger partial charge is 0.497 e. The maximum absolute atomic E-state index is 12.0. The molecule has 0 heterocycles. The molecule has 0 fully saturated rings. The molecule has 0 aliphatic rings. The summed E-state index contributed by atoms with van der Waals surface area (Å²) in [6.45, 7) is 3.83. The van der Waals surface area contributed by atoms with Gasteiger partial charge in [-0.25, -0.2) is 0 Å². The van der Waals surface area contributed by atoms with E-state index in [0.29, 0.717) is 22.6 Å². The Morgan fingerprint density at radius 2 is 1.94 bits per heavy atom. The second kappa shape index (κ2) is 5.36. The van der Waals surface area contributed by atoms with Gasteiger partial charge in [0.25, 0.3) is 5.91 Å². The van der Waals surface area contributed by atoms with Crippen LogP contribution in [0.2, 0.25) is 0 Å². The Kier molecular flexibility index (Phi) is 3.63. The van der Waals surface area contributed by atoms with Gasteiger partial charge in [0.15, 0.2) is 0 Å². The van der Waals surface area contributed by atoms with Crippen molar-refractivity contribution < 1.29 is 9.53 Å². The molecule has 0 unspecified atom stereocenters. The van der Waals surface area contributed by atoms with E-state index in [1.54, 1.807) is 25.3 Å². The smallest absolute Gasteiger partial charge is 0.255 e. The minimum atomic E-state index is -0.172. The maximum Gasteiger partial charge on any atom is 0.255 e. The number of methoxy groups -OCH3 is 1. The number of ether oxygens (including phenoxy) is 1. The summed E-state index contributed by atoms with van der Waals surface area (Å²) >= 11 is 0. The van der Waals surface area contributed by atoms with Gasteiger partial charge in [-0.05, 0) is 30.7 Å². The van der Waals surface area contributed by atoms with Crippen LogP contribution in [0.15, 0.2) is 48.5 Å². The number of nitrogens with one attached hydrogen (secondary N) is 1. The number of hydrogen-bond acceptors (Lipinski definition) is 2. The minimum Gasteiger partial charge on any atom is -0.497 e. The van der Waals surface area contributed by atoms with Crippen molar-refractivity contribution in [2.75, 3.05) is 12.4 Å². The van der Waals surface area contributed by atoms with Crippen molar-refractivity contribution in [1.82, 2.24) is 0 Å². The topological polar surface area (TPSA) is 38.3 Å². The Morgan fingerprint density at radius 3 is 2.67 bits per heavy atom. The monoisotopic (exact) mass is 240 g/mol. The number of anilines is 1. The van der Waals surface area contributed by atoms with Gasteiger partial charge in [0.05, 0.1) is 7.11 Å². The first-order valence-corrected chi connectivity index (χ1v) is 5.57. The molecule has 1 amide bonds. The third-order valence-electron chi connectivity index (χ3n) is 2.59. The molecule has 0 saturated heterocycles. The van der Waals surface area contributed by atoms with Crippen LogP contribution in [0.3, 0.4) is 0 Å². The molecule has 0 aliphatic carbocycles. The summed E-state index contributed by atoms with van der Waals surface area (Å²) in [6, 6.07) is 14.4. The zero-order chi connectivity index (χ0) is 13.0. The summed E-state index contributed by atoms with van der Waals surface area (Å²) in [6.07, 6.45) is 0. The van der Waals surface area contributed by atoms with Crippen LogP contribution in [-0.4, -0.2) is 13.0 Å². The van der Waals surface area contributed by atoms with Crippen molar-refractivity contribution in [1.29, 1.82) is 0 Å². The standard InChI is InChI=1S/C15H14NO2/c1-11-6-3-4-9-14(11)15(17)16-12-7-5-8-13(10-12)18-2/h3-10H,1H2,2H3,(H,16,17). The lowest BCUT2D eigenvalue weighted by Crippen LogP contribution is -2.13. The highest BCUT2D eigenvalue weighted by Crippen LogP contribution is 2.18. The molecule has 2 aromatic carbocycles. The SMILES string of the molecule is [CH2]c1ccccc1C(=O)Nc1cccc(OC)c1. The van der Waals surface area contributed by atoms with E-state index in [4.69, 9.17) is 4.74 Å². The maximum atomic E-state index is 12.0. The van der Waals surface area contributed by atoms with Gasteiger partial charge >= 0.3 is 0 Å². The molecule has 3 nitrogen and oxygen atoms in total. The van der Waals surface area contributed by atoms with Crippen molar-refractivity contribution in [3.63, 3.8) is 0 Å². The van der Waals surface area contributed by atoms with E-state index in [-0.39, 0.29) is 5.91 Å². The Bertz CT molecular complexity index is 564. The summed E-state index contributed by atoms with van der Waals surface area (Å²) in [5, 5.41) is 2.81. The number of carbonyl (C=O) groups is 1. The molecule has 0 aromatic heterocycles. The van der Waals surface area contributed by atoms with Gasteiger partial charge < -0.3 is 10.1 Å². The second-order valence-corrected chi connectivity index (χ2v) is 3.84.